The number of carbonyl (C=O) groups excluding carboxylic acids is 1. The van der Waals surface area contributed by atoms with Crippen LogP contribution in [0, 0.1) is 11.8 Å². The zero-order chi connectivity index (χ0) is 17.4. The first-order chi connectivity index (χ1) is 11.6. The van der Waals surface area contributed by atoms with E-state index in [0.717, 1.165) is 26.1 Å². The monoisotopic (exact) mass is 334 g/mol. The zero-order valence-electron chi connectivity index (χ0n) is 15.0. The molecule has 0 radical (unpaired) electrons. The minimum Gasteiger partial charge on any atom is -0.449 e. The van der Waals surface area contributed by atoms with Crippen molar-refractivity contribution in [3.05, 3.63) is 35.9 Å². The van der Waals surface area contributed by atoms with Crippen molar-refractivity contribution in [2.24, 2.45) is 11.8 Å². The molecule has 0 aliphatic carbocycles. The predicted molar refractivity (Wildman–Crippen MR) is 94.8 cm³/mol. The van der Waals surface area contributed by atoms with Gasteiger partial charge >= 0.3 is 6.09 Å². The Bertz CT molecular complexity index is 493. The summed E-state index contributed by atoms with van der Waals surface area (Å²) < 4.78 is 10.9. The Balaban J connectivity index is 1.76. The molecule has 1 heterocycles. The smallest absolute Gasteiger partial charge is 0.409 e. The molecule has 0 bridgehead atoms. The van der Waals surface area contributed by atoms with Gasteiger partial charge in [0.2, 0.25) is 0 Å². The van der Waals surface area contributed by atoms with Gasteiger partial charge in [-0.3, -0.25) is 0 Å². The second-order valence-electron chi connectivity index (χ2n) is 6.86. The number of carbonyl (C=O) groups is 1. The van der Waals surface area contributed by atoms with Crippen LogP contribution in [0.5, 0.6) is 0 Å². The molecular weight excluding hydrogens is 304 g/mol. The van der Waals surface area contributed by atoms with Crippen molar-refractivity contribution in [2.75, 3.05) is 33.4 Å². The van der Waals surface area contributed by atoms with Crippen LogP contribution in [0.1, 0.15) is 25.8 Å². The third-order valence-electron chi connectivity index (χ3n) is 4.38. The number of ether oxygens (including phenoxy) is 2. The molecule has 1 saturated heterocycles. The van der Waals surface area contributed by atoms with Crippen LogP contribution in [0.4, 0.5) is 4.79 Å². The molecule has 0 spiro atoms. The van der Waals surface area contributed by atoms with Crippen LogP contribution in [0.2, 0.25) is 0 Å². The van der Waals surface area contributed by atoms with Gasteiger partial charge in [-0.05, 0) is 17.9 Å². The third-order valence-corrected chi connectivity index (χ3v) is 4.38. The topological polar surface area (TPSA) is 50.8 Å². The highest BCUT2D eigenvalue weighted by Gasteiger charge is 2.32. The molecular formula is C19H30N2O3. The summed E-state index contributed by atoms with van der Waals surface area (Å²) in [6.07, 6.45) is 0.756. The first-order valence-corrected chi connectivity index (χ1v) is 8.79. The number of hydrogen-bond acceptors (Lipinski definition) is 4. The first kappa shape index (κ1) is 18.7. The summed E-state index contributed by atoms with van der Waals surface area (Å²) in [4.78, 5) is 13.9. The van der Waals surface area contributed by atoms with Crippen LogP contribution in [0.3, 0.4) is 0 Å². The number of amides is 1. The van der Waals surface area contributed by atoms with Crippen LogP contribution >= 0.6 is 0 Å². The van der Waals surface area contributed by atoms with Crippen LogP contribution in [0.15, 0.2) is 30.3 Å². The maximum Gasteiger partial charge on any atom is 0.409 e. The van der Waals surface area contributed by atoms with Gasteiger partial charge in [0.15, 0.2) is 0 Å². The van der Waals surface area contributed by atoms with E-state index in [2.05, 4.69) is 29.6 Å². The number of methoxy groups -OCH3 is 1. The summed E-state index contributed by atoms with van der Waals surface area (Å²) in [5, 5.41) is 3.51. The lowest BCUT2D eigenvalue weighted by Gasteiger charge is -2.37. The maximum atomic E-state index is 12.1. The Hall–Kier alpha value is -1.59. The van der Waals surface area contributed by atoms with E-state index < -0.39 is 0 Å². The van der Waals surface area contributed by atoms with Crippen molar-refractivity contribution >= 4 is 6.09 Å². The van der Waals surface area contributed by atoms with Crippen LogP contribution < -0.4 is 5.32 Å². The van der Waals surface area contributed by atoms with Gasteiger partial charge in [-0.25, -0.2) is 4.79 Å². The number of rotatable bonds is 7. The molecule has 0 aromatic heterocycles. The standard InChI is InChI=1S/C19H30N2O3/c1-15(2)14-24-19(22)21-10-9-17(18(13-21)23-3)12-20-11-16-7-5-4-6-8-16/h4-8,15,17-18,20H,9-14H2,1-3H3. The highest BCUT2D eigenvalue weighted by atomic mass is 16.6. The Labute approximate surface area is 145 Å². The highest BCUT2D eigenvalue weighted by molar-refractivity contribution is 5.67. The number of hydrogen-bond donors (Lipinski definition) is 1. The van der Waals surface area contributed by atoms with Gasteiger partial charge in [-0.15, -0.1) is 0 Å². The van der Waals surface area contributed by atoms with Crippen molar-refractivity contribution in [1.29, 1.82) is 0 Å². The SMILES string of the molecule is COC1CN(C(=O)OCC(C)C)CCC1CNCc1ccccc1. The second kappa shape index (κ2) is 9.64. The molecule has 2 unspecified atom stereocenters. The van der Waals surface area contributed by atoms with E-state index in [9.17, 15) is 4.79 Å². The van der Waals surface area contributed by atoms with Gasteiger partial charge in [0.05, 0.1) is 19.3 Å². The van der Waals surface area contributed by atoms with E-state index >= 15 is 0 Å². The van der Waals surface area contributed by atoms with E-state index in [4.69, 9.17) is 9.47 Å². The van der Waals surface area contributed by atoms with Crippen molar-refractivity contribution in [3.63, 3.8) is 0 Å². The quantitative estimate of drug-likeness (QED) is 0.833. The minimum absolute atomic E-state index is 0.0497. The molecule has 5 heteroatoms. The van der Waals surface area contributed by atoms with Crippen LogP contribution in [-0.4, -0.2) is 50.4 Å². The largest absolute Gasteiger partial charge is 0.449 e. The fourth-order valence-electron chi connectivity index (χ4n) is 2.96. The molecule has 1 aliphatic heterocycles. The zero-order valence-corrected chi connectivity index (χ0v) is 15.0. The fourth-order valence-corrected chi connectivity index (χ4v) is 2.96. The van der Waals surface area contributed by atoms with E-state index in [1.165, 1.54) is 5.56 Å². The maximum absolute atomic E-state index is 12.1. The van der Waals surface area contributed by atoms with Gasteiger partial charge in [0.1, 0.15) is 0 Å². The van der Waals surface area contributed by atoms with Gasteiger partial charge in [-0.2, -0.15) is 0 Å². The number of piperidine rings is 1. The third kappa shape index (κ3) is 5.80. The average Bonchev–Trinajstić information content (AvgIpc) is 2.60. The Kier molecular flexibility index (Phi) is 7.53. The van der Waals surface area contributed by atoms with Crippen molar-refractivity contribution in [3.8, 4) is 0 Å². The van der Waals surface area contributed by atoms with Crippen LogP contribution in [0.25, 0.3) is 0 Å². The lowest BCUT2D eigenvalue weighted by atomic mass is 9.93. The molecule has 1 N–H and O–H groups in total. The van der Waals surface area contributed by atoms with E-state index in [-0.39, 0.29) is 12.2 Å². The molecule has 134 valence electrons. The molecule has 2 atom stereocenters. The summed E-state index contributed by atoms with van der Waals surface area (Å²) in [5.41, 5.74) is 1.28. The number of likely N-dealkylation sites (tertiary alicyclic amines) is 1. The molecule has 1 amide bonds. The molecule has 1 aliphatic rings. The lowest BCUT2D eigenvalue weighted by molar-refractivity contribution is -0.0128. The Morgan fingerprint density at radius 2 is 2.08 bits per heavy atom. The lowest BCUT2D eigenvalue weighted by Crippen LogP contribution is -2.50. The van der Waals surface area contributed by atoms with Gasteiger partial charge in [0, 0.05) is 32.7 Å². The Morgan fingerprint density at radius 1 is 1.33 bits per heavy atom. The predicted octanol–water partition coefficient (Wildman–Crippen LogP) is 2.91. The van der Waals surface area contributed by atoms with Gasteiger partial charge < -0.3 is 19.7 Å². The molecule has 1 aromatic carbocycles. The average molecular weight is 334 g/mol. The summed E-state index contributed by atoms with van der Waals surface area (Å²) in [7, 11) is 1.72. The minimum atomic E-state index is -0.221. The summed E-state index contributed by atoms with van der Waals surface area (Å²) in [6.45, 7) is 7.62. The van der Waals surface area contributed by atoms with Crippen molar-refractivity contribution < 1.29 is 14.3 Å². The summed E-state index contributed by atoms with van der Waals surface area (Å²) in [6, 6.07) is 10.4. The number of nitrogens with zero attached hydrogens (tertiary/aromatic N) is 1. The van der Waals surface area contributed by atoms with Gasteiger partial charge in [-0.1, -0.05) is 44.2 Å². The molecule has 1 fully saturated rings. The van der Waals surface area contributed by atoms with Crippen molar-refractivity contribution in [2.45, 2.75) is 32.9 Å². The van der Waals surface area contributed by atoms with Crippen LogP contribution in [-0.2, 0) is 16.0 Å². The molecule has 24 heavy (non-hydrogen) atoms. The number of nitrogens with one attached hydrogen (secondary N) is 1. The van der Waals surface area contributed by atoms with Crippen molar-refractivity contribution in [1.82, 2.24) is 10.2 Å². The number of benzene rings is 1. The van der Waals surface area contributed by atoms with E-state index in [1.54, 1.807) is 12.0 Å². The highest BCUT2D eigenvalue weighted by Crippen LogP contribution is 2.20. The van der Waals surface area contributed by atoms with E-state index in [0.29, 0.717) is 25.0 Å². The van der Waals surface area contributed by atoms with E-state index in [1.807, 2.05) is 19.9 Å². The Morgan fingerprint density at radius 3 is 2.75 bits per heavy atom. The second-order valence-corrected chi connectivity index (χ2v) is 6.86. The normalized spacial score (nSPS) is 21.1. The first-order valence-electron chi connectivity index (χ1n) is 8.79. The molecule has 1 aromatic rings. The fraction of sp³-hybridized carbons (Fsp3) is 0.632. The molecule has 5 nitrogen and oxygen atoms in total. The summed E-state index contributed by atoms with van der Waals surface area (Å²) in [5.74, 6) is 0.764. The molecule has 0 saturated carbocycles. The molecule has 2 rings (SSSR count). The summed E-state index contributed by atoms with van der Waals surface area (Å²) >= 11 is 0. The van der Waals surface area contributed by atoms with Gasteiger partial charge in [0.25, 0.3) is 0 Å².